The molecule has 1 unspecified atom stereocenters. The van der Waals surface area contributed by atoms with E-state index in [2.05, 4.69) is 6.92 Å². The summed E-state index contributed by atoms with van der Waals surface area (Å²) in [5, 5.41) is -0.820. The average Bonchev–Trinajstić information content (AvgIpc) is 2.62. The first-order valence-corrected chi connectivity index (χ1v) is 9.45. The first-order chi connectivity index (χ1) is 14.6. The zero-order valence-electron chi connectivity index (χ0n) is 16.7. The fourth-order valence-electron chi connectivity index (χ4n) is 2.17. The van der Waals surface area contributed by atoms with Crippen LogP contribution in [0.4, 0.5) is 74.6 Å². The van der Waals surface area contributed by atoms with Gasteiger partial charge in [0.2, 0.25) is 0 Å². The lowest BCUT2D eigenvalue weighted by Gasteiger charge is -2.42. The molecule has 0 aliphatic rings. The topological polar surface area (TPSA) is 3.24 Å². The number of alkyl halides is 17. The highest BCUT2D eigenvalue weighted by Gasteiger charge is 2.95. The van der Waals surface area contributed by atoms with Gasteiger partial charge in [0.15, 0.2) is 0 Å². The van der Waals surface area contributed by atoms with E-state index in [-0.39, 0.29) is 6.42 Å². The second-order valence-corrected chi connectivity index (χ2v) is 8.26. The highest BCUT2D eigenvalue weighted by atomic mass is 32.2. The lowest BCUT2D eigenvalue weighted by atomic mass is 9.88. The van der Waals surface area contributed by atoms with Crippen molar-refractivity contribution >= 4 is 11.8 Å². The van der Waals surface area contributed by atoms with Gasteiger partial charge < -0.3 is 0 Å². The summed E-state index contributed by atoms with van der Waals surface area (Å²) in [7, 11) is 2.65. The molecule has 1 atom stereocenters. The molecule has 0 aliphatic carbocycles. The van der Waals surface area contributed by atoms with E-state index in [1.807, 2.05) is 0 Å². The van der Waals surface area contributed by atoms with Crippen LogP contribution in [-0.4, -0.2) is 77.8 Å². The molecular formula is C15H15F17NS. The minimum Gasteiger partial charge on any atom is -0.298 e. The molecule has 0 aromatic heterocycles. The second kappa shape index (κ2) is 9.53. The van der Waals surface area contributed by atoms with Crippen LogP contribution in [0, 0.1) is 6.92 Å². The van der Waals surface area contributed by atoms with Crippen molar-refractivity contribution in [2.24, 2.45) is 0 Å². The Bertz CT molecular complexity index is 685. The molecule has 34 heavy (non-hydrogen) atoms. The Hall–Kier alpha value is -0.880. The molecule has 0 amide bonds. The summed E-state index contributed by atoms with van der Waals surface area (Å²) in [5.74, 6) is -57.2. The van der Waals surface area contributed by atoms with Crippen molar-refractivity contribution in [2.75, 3.05) is 19.8 Å². The molecule has 0 bridgehead atoms. The summed E-state index contributed by atoms with van der Waals surface area (Å²) in [5.41, 5.74) is 0. The largest absolute Gasteiger partial charge is 0.460 e. The predicted octanol–water partition coefficient (Wildman–Crippen LogP) is 7.23. The van der Waals surface area contributed by atoms with Gasteiger partial charge in [-0.2, -0.15) is 74.6 Å². The van der Waals surface area contributed by atoms with Crippen molar-refractivity contribution in [1.82, 2.24) is 4.90 Å². The summed E-state index contributed by atoms with van der Waals surface area (Å²) < 4.78 is 223. The van der Waals surface area contributed by atoms with Gasteiger partial charge in [-0.15, -0.1) is 11.8 Å². The van der Waals surface area contributed by atoms with E-state index in [4.69, 9.17) is 0 Å². The monoisotopic (exact) mass is 564 g/mol. The van der Waals surface area contributed by atoms with Crippen LogP contribution >= 0.6 is 11.8 Å². The maximum Gasteiger partial charge on any atom is 0.460 e. The fraction of sp³-hybridized carbons (Fsp3) is 0.933. The first-order valence-electron chi connectivity index (χ1n) is 8.40. The van der Waals surface area contributed by atoms with Crippen molar-refractivity contribution in [1.29, 1.82) is 0 Å². The normalized spacial score (nSPS) is 16.9. The van der Waals surface area contributed by atoms with Gasteiger partial charge >= 0.3 is 47.6 Å². The molecule has 0 saturated heterocycles. The highest BCUT2D eigenvalue weighted by Crippen LogP contribution is 2.64. The molecule has 1 nitrogen and oxygen atoms in total. The Morgan fingerprint density at radius 2 is 0.912 bits per heavy atom. The quantitative estimate of drug-likeness (QED) is 0.182. The average molecular weight is 564 g/mol. The Kier molecular flexibility index (Phi) is 9.29. The van der Waals surface area contributed by atoms with E-state index < -0.39 is 65.2 Å². The standard InChI is InChI=1S/C15H15F17NS/c1-4-7(33(2)3)34-6-5-8(16,17)9(18,19)10(20,21)11(22,23)12(24,25)13(26,27)14(28,29)15(30,31)32/h7H,1,4-6H2,2-3H3. The molecular weight excluding hydrogens is 549 g/mol. The summed E-state index contributed by atoms with van der Waals surface area (Å²) in [6, 6.07) is 0. The molecule has 0 rings (SSSR count). The zero-order chi connectivity index (χ0) is 28.0. The molecule has 0 aromatic carbocycles. The van der Waals surface area contributed by atoms with Gasteiger partial charge in [0, 0.05) is 12.2 Å². The highest BCUT2D eigenvalue weighted by molar-refractivity contribution is 7.99. The fourth-order valence-corrected chi connectivity index (χ4v) is 3.28. The van der Waals surface area contributed by atoms with Gasteiger partial charge in [0.1, 0.15) is 0 Å². The molecule has 0 fully saturated rings. The van der Waals surface area contributed by atoms with Gasteiger partial charge in [0.05, 0.1) is 5.37 Å². The third-order valence-electron chi connectivity index (χ3n) is 4.34. The number of hydrogen-bond acceptors (Lipinski definition) is 2. The first kappa shape index (κ1) is 33.1. The summed E-state index contributed by atoms with van der Waals surface area (Å²) in [6.45, 7) is 3.32. The van der Waals surface area contributed by atoms with Gasteiger partial charge in [-0.05, 0) is 20.5 Å². The minimum atomic E-state index is -8.60. The van der Waals surface area contributed by atoms with Crippen LogP contribution in [0.25, 0.3) is 0 Å². The Morgan fingerprint density at radius 3 is 1.21 bits per heavy atom. The van der Waals surface area contributed by atoms with Gasteiger partial charge in [-0.3, -0.25) is 4.90 Å². The molecule has 0 heterocycles. The molecule has 205 valence electrons. The van der Waals surface area contributed by atoms with Gasteiger partial charge in [0.25, 0.3) is 0 Å². The number of nitrogens with zero attached hydrogens (tertiary/aromatic N) is 1. The number of hydrogen-bond donors (Lipinski definition) is 0. The smallest absolute Gasteiger partial charge is 0.298 e. The predicted molar refractivity (Wildman–Crippen MR) is 85.2 cm³/mol. The summed E-state index contributed by atoms with van der Waals surface area (Å²) in [4.78, 5) is 1.26. The van der Waals surface area contributed by atoms with Crippen molar-refractivity contribution in [2.45, 2.75) is 65.8 Å². The van der Waals surface area contributed by atoms with Crippen molar-refractivity contribution < 1.29 is 74.6 Å². The van der Waals surface area contributed by atoms with E-state index in [1.54, 1.807) is 0 Å². The molecule has 0 spiro atoms. The van der Waals surface area contributed by atoms with Crippen LogP contribution in [0.2, 0.25) is 0 Å². The molecule has 19 heteroatoms. The Morgan fingerprint density at radius 1 is 0.588 bits per heavy atom. The van der Waals surface area contributed by atoms with Crippen molar-refractivity contribution in [3.63, 3.8) is 0 Å². The van der Waals surface area contributed by atoms with E-state index in [0.717, 1.165) is 0 Å². The number of rotatable bonds is 12. The Labute approximate surface area is 185 Å². The van der Waals surface area contributed by atoms with Crippen LogP contribution in [0.15, 0.2) is 0 Å². The van der Waals surface area contributed by atoms with E-state index >= 15 is 0 Å². The zero-order valence-corrected chi connectivity index (χ0v) is 17.5. The van der Waals surface area contributed by atoms with Crippen LogP contribution in [-0.2, 0) is 0 Å². The number of halogens is 17. The minimum absolute atomic E-state index is 0.0947. The lowest BCUT2D eigenvalue weighted by molar-refractivity contribution is -0.461. The third kappa shape index (κ3) is 5.00. The van der Waals surface area contributed by atoms with E-state index in [9.17, 15) is 74.6 Å². The molecule has 0 saturated carbocycles. The summed E-state index contributed by atoms with van der Waals surface area (Å²) >= 11 is 0.332. The van der Waals surface area contributed by atoms with E-state index in [1.165, 1.54) is 19.0 Å². The molecule has 0 aromatic rings. The molecule has 0 N–H and O–H groups in total. The maximum absolute atomic E-state index is 13.7. The van der Waals surface area contributed by atoms with Gasteiger partial charge in [-0.25, -0.2) is 0 Å². The van der Waals surface area contributed by atoms with Crippen LogP contribution < -0.4 is 0 Å². The lowest BCUT2D eigenvalue weighted by Crippen LogP contribution is -2.74. The van der Waals surface area contributed by atoms with E-state index in [0.29, 0.717) is 11.8 Å². The van der Waals surface area contributed by atoms with Crippen LogP contribution in [0.3, 0.4) is 0 Å². The summed E-state index contributed by atoms with van der Waals surface area (Å²) in [6.07, 6.45) is -10.3. The van der Waals surface area contributed by atoms with Gasteiger partial charge in [-0.1, -0.05) is 6.92 Å². The van der Waals surface area contributed by atoms with Crippen LogP contribution in [0.1, 0.15) is 12.8 Å². The Balaban J connectivity index is 6.30. The third-order valence-corrected chi connectivity index (χ3v) is 5.82. The number of thioether (sulfide) groups is 1. The van der Waals surface area contributed by atoms with Crippen molar-refractivity contribution in [3.05, 3.63) is 6.92 Å². The second-order valence-electron chi connectivity index (χ2n) is 6.98. The maximum atomic E-state index is 13.7. The van der Waals surface area contributed by atoms with Crippen molar-refractivity contribution in [3.8, 4) is 0 Å². The molecule has 1 radical (unpaired) electrons. The SMILES string of the molecule is [CH2]CC(SCCC(F)(F)C(F)(F)C(F)(F)C(F)(F)C(F)(F)C(F)(F)C(F)(F)C(F)(F)F)N(C)C. The van der Waals surface area contributed by atoms with Crippen LogP contribution in [0.5, 0.6) is 0 Å². The molecule has 0 aliphatic heterocycles.